The first-order valence-electron chi connectivity index (χ1n) is 6.89. The Bertz CT molecular complexity index is 748. The summed E-state index contributed by atoms with van der Waals surface area (Å²) in [6, 6.07) is 4.10. The molecule has 1 fully saturated rings. The van der Waals surface area contributed by atoms with Crippen molar-refractivity contribution in [2.45, 2.75) is 26.7 Å². The first-order chi connectivity index (χ1) is 10.9. The van der Waals surface area contributed by atoms with Crippen LogP contribution < -0.4 is 9.64 Å². The molecule has 2 amide bonds. The average molecular weight is 337 g/mol. The summed E-state index contributed by atoms with van der Waals surface area (Å²) >= 11 is 5.89. The number of imide groups is 1. The van der Waals surface area contributed by atoms with E-state index in [1.165, 1.54) is 6.07 Å². The summed E-state index contributed by atoms with van der Waals surface area (Å²) in [4.78, 5) is 25.2. The van der Waals surface area contributed by atoms with Crippen molar-refractivity contribution in [3.63, 3.8) is 0 Å². The van der Waals surface area contributed by atoms with Gasteiger partial charge in [0, 0.05) is 11.6 Å². The Morgan fingerprint density at radius 3 is 2.70 bits per heavy atom. The number of nitrogens with zero attached hydrogens (tertiary/aromatic N) is 2. The molecule has 0 bridgehead atoms. The molecule has 1 aromatic rings. The maximum atomic E-state index is 14.2. The standard InChI is InChI=1S/C16H14ClFN2O3/c1-9(2)10-6-15(21)20(16(10)22)13-8-14(23-5-3-4-19)11(17)7-12(13)18/h7-8H,3,5-6H2,1-2H3. The molecule has 0 unspecified atom stereocenters. The molecule has 120 valence electrons. The second kappa shape index (κ2) is 6.80. The fraction of sp³-hybridized carbons (Fsp3) is 0.312. The summed E-state index contributed by atoms with van der Waals surface area (Å²) < 4.78 is 19.5. The Kier molecular flexibility index (Phi) is 5.02. The number of amides is 2. The molecular formula is C16H14ClFN2O3. The highest BCUT2D eigenvalue weighted by Crippen LogP contribution is 2.36. The number of halogens is 2. The summed E-state index contributed by atoms with van der Waals surface area (Å²) in [7, 11) is 0. The second-order valence-corrected chi connectivity index (χ2v) is 5.59. The molecule has 0 aromatic heterocycles. The van der Waals surface area contributed by atoms with E-state index in [2.05, 4.69) is 0 Å². The van der Waals surface area contributed by atoms with Gasteiger partial charge in [-0.3, -0.25) is 9.59 Å². The molecule has 1 saturated heterocycles. The molecule has 1 aliphatic heterocycles. The predicted octanol–water partition coefficient (Wildman–Crippen LogP) is 3.37. The van der Waals surface area contributed by atoms with Crippen LogP contribution in [0.3, 0.4) is 0 Å². The van der Waals surface area contributed by atoms with Gasteiger partial charge in [0.05, 0.1) is 29.6 Å². The highest BCUT2D eigenvalue weighted by Gasteiger charge is 2.37. The monoisotopic (exact) mass is 336 g/mol. The van der Waals surface area contributed by atoms with Gasteiger partial charge >= 0.3 is 0 Å². The highest BCUT2D eigenvalue weighted by atomic mass is 35.5. The fourth-order valence-electron chi connectivity index (χ4n) is 2.20. The summed E-state index contributed by atoms with van der Waals surface area (Å²) in [6.45, 7) is 3.51. The van der Waals surface area contributed by atoms with Crippen molar-refractivity contribution in [3.8, 4) is 11.8 Å². The summed E-state index contributed by atoms with van der Waals surface area (Å²) in [6.07, 6.45) is 0.0698. The zero-order chi connectivity index (χ0) is 17.1. The fourth-order valence-corrected chi connectivity index (χ4v) is 2.40. The number of hydrogen-bond acceptors (Lipinski definition) is 4. The van der Waals surface area contributed by atoms with Crippen LogP contribution in [-0.4, -0.2) is 18.4 Å². The summed E-state index contributed by atoms with van der Waals surface area (Å²) in [5, 5.41) is 8.52. The Morgan fingerprint density at radius 1 is 1.43 bits per heavy atom. The normalized spacial score (nSPS) is 14.2. The molecule has 0 saturated carbocycles. The van der Waals surface area contributed by atoms with Gasteiger partial charge in [0.15, 0.2) is 0 Å². The van der Waals surface area contributed by atoms with Crippen molar-refractivity contribution in [3.05, 3.63) is 34.1 Å². The number of benzene rings is 1. The molecule has 0 atom stereocenters. The molecule has 1 heterocycles. The Morgan fingerprint density at radius 2 is 2.13 bits per heavy atom. The van der Waals surface area contributed by atoms with Gasteiger partial charge in [-0.1, -0.05) is 17.2 Å². The minimum atomic E-state index is -0.792. The number of hydrogen-bond donors (Lipinski definition) is 0. The van der Waals surface area contributed by atoms with Gasteiger partial charge in [-0.15, -0.1) is 0 Å². The quantitative estimate of drug-likeness (QED) is 0.480. The van der Waals surface area contributed by atoms with E-state index in [4.69, 9.17) is 21.6 Å². The molecular weight excluding hydrogens is 323 g/mol. The van der Waals surface area contributed by atoms with Gasteiger partial charge in [0.1, 0.15) is 18.2 Å². The van der Waals surface area contributed by atoms with Gasteiger partial charge in [0.2, 0.25) is 5.91 Å². The topological polar surface area (TPSA) is 70.4 Å². The van der Waals surface area contributed by atoms with Crippen LogP contribution in [0.25, 0.3) is 0 Å². The van der Waals surface area contributed by atoms with Gasteiger partial charge in [-0.25, -0.2) is 9.29 Å². The summed E-state index contributed by atoms with van der Waals surface area (Å²) in [5.74, 6) is -1.72. The van der Waals surface area contributed by atoms with Crippen LogP contribution >= 0.6 is 11.6 Å². The molecule has 0 aliphatic carbocycles. The van der Waals surface area contributed by atoms with E-state index in [9.17, 15) is 14.0 Å². The molecule has 1 aromatic carbocycles. The van der Waals surface area contributed by atoms with Crippen LogP contribution in [0.4, 0.5) is 10.1 Å². The number of anilines is 1. The molecule has 7 heteroatoms. The Balaban J connectivity index is 2.41. The van der Waals surface area contributed by atoms with Crippen molar-refractivity contribution < 1.29 is 18.7 Å². The number of nitriles is 1. The second-order valence-electron chi connectivity index (χ2n) is 5.18. The predicted molar refractivity (Wildman–Crippen MR) is 82.6 cm³/mol. The zero-order valence-electron chi connectivity index (χ0n) is 12.7. The van der Waals surface area contributed by atoms with E-state index < -0.39 is 17.6 Å². The lowest BCUT2D eigenvalue weighted by atomic mass is 10.1. The maximum Gasteiger partial charge on any atom is 0.261 e. The molecule has 0 N–H and O–H groups in total. The third-order valence-electron chi connectivity index (χ3n) is 3.36. The molecule has 5 nitrogen and oxygen atoms in total. The lowest BCUT2D eigenvalue weighted by molar-refractivity contribution is -0.120. The first-order valence-corrected chi connectivity index (χ1v) is 7.27. The van der Waals surface area contributed by atoms with Crippen LogP contribution in [0.2, 0.25) is 5.02 Å². The molecule has 23 heavy (non-hydrogen) atoms. The van der Waals surface area contributed by atoms with Crippen molar-refractivity contribution in [1.29, 1.82) is 5.26 Å². The van der Waals surface area contributed by atoms with E-state index >= 15 is 0 Å². The maximum absolute atomic E-state index is 14.2. The zero-order valence-corrected chi connectivity index (χ0v) is 13.4. The SMILES string of the molecule is CC(C)=C1CC(=O)N(c2cc(OCCC#N)c(Cl)cc2F)C1=O. The number of ether oxygens (including phenoxy) is 1. The third-order valence-corrected chi connectivity index (χ3v) is 3.65. The lowest BCUT2D eigenvalue weighted by Crippen LogP contribution is -2.30. The van der Waals surface area contributed by atoms with Gasteiger partial charge in [-0.05, 0) is 19.9 Å². The van der Waals surface area contributed by atoms with Gasteiger partial charge < -0.3 is 4.74 Å². The van der Waals surface area contributed by atoms with Crippen LogP contribution in [0.1, 0.15) is 26.7 Å². The van der Waals surface area contributed by atoms with E-state index in [0.29, 0.717) is 11.1 Å². The van der Waals surface area contributed by atoms with Crippen LogP contribution in [0.15, 0.2) is 23.3 Å². The molecule has 0 radical (unpaired) electrons. The van der Waals surface area contributed by atoms with E-state index in [0.717, 1.165) is 11.0 Å². The van der Waals surface area contributed by atoms with Crippen molar-refractivity contribution >= 4 is 29.1 Å². The minimum Gasteiger partial charge on any atom is -0.491 e. The first kappa shape index (κ1) is 17.0. The average Bonchev–Trinajstić information content (AvgIpc) is 2.77. The smallest absolute Gasteiger partial charge is 0.261 e. The number of carbonyl (C=O) groups is 2. The third kappa shape index (κ3) is 3.35. The van der Waals surface area contributed by atoms with Crippen molar-refractivity contribution in [2.24, 2.45) is 0 Å². The highest BCUT2D eigenvalue weighted by molar-refractivity contribution is 6.32. The van der Waals surface area contributed by atoms with E-state index in [1.54, 1.807) is 13.8 Å². The van der Waals surface area contributed by atoms with Crippen LogP contribution in [0.5, 0.6) is 5.75 Å². The molecule has 2 rings (SSSR count). The van der Waals surface area contributed by atoms with Gasteiger partial charge in [0.25, 0.3) is 5.91 Å². The largest absolute Gasteiger partial charge is 0.491 e. The van der Waals surface area contributed by atoms with Crippen molar-refractivity contribution in [2.75, 3.05) is 11.5 Å². The van der Waals surface area contributed by atoms with Crippen LogP contribution in [-0.2, 0) is 9.59 Å². The van der Waals surface area contributed by atoms with Crippen LogP contribution in [0, 0.1) is 17.1 Å². The summed E-state index contributed by atoms with van der Waals surface area (Å²) in [5.41, 5.74) is 0.870. The van der Waals surface area contributed by atoms with E-state index in [1.807, 2.05) is 6.07 Å². The number of carbonyl (C=O) groups excluding carboxylic acids is 2. The van der Waals surface area contributed by atoms with Gasteiger partial charge in [-0.2, -0.15) is 5.26 Å². The number of allylic oxidation sites excluding steroid dienone is 1. The molecule has 1 aliphatic rings. The number of rotatable bonds is 4. The molecule has 0 spiro atoms. The Hall–Kier alpha value is -2.39. The van der Waals surface area contributed by atoms with E-state index in [-0.39, 0.29) is 35.9 Å². The van der Waals surface area contributed by atoms with Crippen molar-refractivity contribution in [1.82, 2.24) is 0 Å². The minimum absolute atomic E-state index is 0.00530. The lowest BCUT2D eigenvalue weighted by Gasteiger charge is -2.17. The Labute approximate surface area is 137 Å².